The summed E-state index contributed by atoms with van der Waals surface area (Å²) in [7, 11) is 0. The van der Waals surface area contributed by atoms with Crippen molar-refractivity contribution in [1.29, 1.82) is 0 Å². The van der Waals surface area contributed by atoms with E-state index in [0.717, 1.165) is 40.3 Å². The van der Waals surface area contributed by atoms with Gasteiger partial charge in [0, 0.05) is 24.4 Å². The number of imidazole rings is 1. The summed E-state index contributed by atoms with van der Waals surface area (Å²) in [5.74, 6) is 0.787. The van der Waals surface area contributed by atoms with Gasteiger partial charge in [0.1, 0.15) is 17.1 Å². The van der Waals surface area contributed by atoms with Gasteiger partial charge in [-0.1, -0.05) is 11.2 Å². The second-order valence-electron chi connectivity index (χ2n) is 5.92. The minimum absolute atomic E-state index is 0.0771. The van der Waals surface area contributed by atoms with E-state index in [4.69, 9.17) is 9.26 Å². The Morgan fingerprint density at radius 3 is 3.29 bits per heavy atom. The quantitative estimate of drug-likeness (QED) is 0.787. The number of carbonyl (C=O) groups excluding carboxylic acids is 1. The van der Waals surface area contributed by atoms with Crippen LogP contribution in [0.15, 0.2) is 29.0 Å². The van der Waals surface area contributed by atoms with Gasteiger partial charge in [0.25, 0.3) is 0 Å². The Hall–Kier alpha value is -2.67. The third-order valence-corrected chi connectivity index (χ3v) is 4.27. The minimum atomic E-state index is -0.0771. The van der Waals surface area contributed by atoms with Crippen molar-refractivity contribution in [3.63, 3.8) is 0 Å². The van der Waals surface area contributed by atoms with Crippen molar-refractivity contribution in [3.05, 3.63) is 52.8 Å². The summed E-state index contributed by atoms with van der Waals surface area (Å²) in [6.07, 6.45) is 4.66. The molecule has 1 amide bonds. The highest BCUT2D eigenvalue weighted by Crippen LogP contribution is 2.20. The topological polar surface area (TPSA) is 81.7 Å². The zero-order chi connectivity index (χ0) is 16.5. The molecule has 7 nitrogen and oxygen atoms in total. The van der Waals surface area contributed by atoms with Gasteiger partial charge in [0.15, 0.2) is 0 Å². The molecular formula is C17H18N4O3. The molecule has 1 N–H and O–H groups in total. The van der Waals surface area contributed by atoms with Crippen molar-refractivity contribution in [2.24, 2.45) is 0 Å². The van der Waals surface area contributed by atoms with Crippen LogP contribution in [0.25, 0.3) is 5.65 Å². The molecule has 124 valence electrons. The maximum Gasteiger partial charge on any atom is 0.226 e. The van der Waals surface area contributed by atoms with Crippen LogP contribution in [0.1, 0.15) is 28.3 Å². The normalized spacial score (nSPS) is 13.9. The summed E-state index contributed by atoms with van der Waals surface area (Å²) in [4.78, 5) is 16.6. The van der Waals surface area contributed by atoms with E-state index in [0.29, 0.717) is 19.8 Å². The van der Waals surface area contributed by atoms with Crippen LogP contribution in [-0.4, -0.2) is 27.1 Å². The Kier molecular flexibility index (Phi) is 3.78. The molecule has 0 bridgehead atoms. The first kappa shape index (κ1) is 14.9. The lowest BCUT2D eigenvalue weighted by Gasteiger charge is -2.11. The first-order valence-electron chi connectivity index (χ1n) is 7.94. The number of nitrogens with one attached hydrogen (secondary N) is 1. The second-order valence-corrected chi connectivity index (χ2v) is 5.92. The van der Waals surface area contributed by atoms with E-state index in [1.165, 1.54) is 0 Å². The van der Waals surface area contributed by atoms with Gasteiger partial charge >= 0.3 is 0 Å². The molecule has 0 atom stereocenters. The van der Waals surface area contributed by atoms with Gasteiger partial charge in [-0.25, -0.2) is 4.98 Å². The third kappa shape index (κ3) is 2.67. The van der Waals surface area contributed by atoms with Crippen LogP contribution in [0, 0.1) is 6.92 Å². The highest BCUT2D eigenvalue weighted by molar-refractivity contribution is 5.78. The molecule has 0 aromatic carbocycles. The average molecular weight is 326 g/mol. The molecule has 3 aromatic heterocycles. The highest BCUT2D eigenvalue weighted by atomic mass is 16.5. The predicted octanol–water partition coefficient (Wildman–Crippen LogP) is 1.56. The lowest BCUT2D eigenvalue weighted by molar-refractivity contribution is -0.120. The summed E-state index contributed by atoms with van der Waals surface area (Å²) in [5.41, 5.74) is 4.53. The van der Waals surface area contributed by atoms with Crippen molar-refractivity contribution in [1.82, 2.24) is 19.9 Å². The van der Waals surface area contributed by atoms with E-state index in [1.807, 2.05) is 29.7 Å². The number of amides is 1. The Morgan fingerprint density at radius 1 is 1.46 bits per heavy atom. The Morgan fingerprint density at radius 2 is 2.38 bits per heavy atom. The van der Waals surface area contributed by atoms with Gasteiger partial charge in [0.2, 0.25) is 5.91 Å². The molecule has 0 fully saturated rings. The van der Waals surface area contributed by atoms with Gasteiger partial charge in [-0.3, -0.25) is 4.79 Å². The highest BCUT2D eigenvalue weighted by Gasteiger charge is 2.20. The number of hydrogen-bond donors (Lipinski definition) is 1. The fourth-order valence-corrected chi connectivity index (χ4v) is 2.96. The van der Waals surface area contributed by atoms with Crippen molar-refractivity contribution in [2.75, 3.05) is 6.61 Å². The fraction of sp³-hybridized carbons (Fsp3) is 0.353. The van der Waals surface area contributed by atoms with Crippen LogP contribution in [0.4, 0.5) is 0 Å². The van der Waals surface area contributed by atoms with Crippen LogP contribution >= 0.6 is 0 Å². The second kappa shape index (κ2) is 6.09. The number of aryl methyl sites for hydroxylation is 1. The number of carbonyl (C=O) groups is 1. The summed E-state index contributed by atoms with van der Waals surface area (Å²) >= 11 is 0. The van der Waals surface area contributed by atoms with Crippen molar-refractivity contribution in [2.45, 2.75) is 32.9 Å². The van der Waals surface area contributed by atoms with E-state index in [9.17, 15) is 4.79 Å². The van der Waals surface area contributed by atoms with Gasteiger partial charge in [-0.15, -0.1) is 0 Å². The SMILES string of the molecule is Cc1cccn2c(CC(=O)NCc3noc4c3COCC4)cnc12. The smallest absolute Gasteiger partial charge is 0.226 e. The zero-order valence-electron chi connectivity index (χ0n) is 13.4. The number of ether oxygens (including phenoxy) is 1. The molecule has 4 rings (SSSR count). The number of aromatic nitrogens is 3. The molecule has 0 spiro atoms. The fourth-order valence-electron chi connectivity index (χ4n) is 2.96. The number of fused-ring (bicyclic) bond motifs is 2. The molecule has 0 radical (unpaired) electrons. The maximum atomic E-state index is 12.3. The summed E-state index contributed by atoms with van der Waals surface area (Å²) in [6, 6.07) is 3.95. The van der Waals surface area contributed by atoms with Crippen LogP contribution in [0.3, 0.4) is 0 Å². The molecule has 0 aliphatic carbocycles. The number of nitrogens with zero attached hydrogens (tertiary/aromatic N) is 3. The first-order chi connectivity index (χ1) is 11.7. The van der Waals surface area contributed by atoms with Gasteiger partial charge in [-0.2, -0.15) is 0 Å². The lowest BCUT2D eigenvalue weighted by atomic mass is 10.1. The van der Waals surface area contributed by atoms with Gasteiger partial charge in [-0.05, 0) is 18.6 Å². The maximum absolute atomic E-state index is 12.3. The zero-order valence-corrected chi connectivity index (χ0v) is 13.4. The molecule has 4 heterocycles. The standard InChI is InChI=1S/C17H18N4O3/c1-11-3-2-5-21-12(8-19-17(11)21)7-16(22)18-9-14-13-10-23-6-4-15(13)24-20-14/h2-3,5,8H,4,6-7,9-10H2,1H3,(H,18,22). The molecule has 1 aliphatic heterocycles. The van der Waals surface area contributed by atoms with Crippen LogP contribution < -0.4 is 5.32 Å². The molecule has 24 heavy (non-hydrogen) atoms. The molecule has 1 aliphatic rings. The Labute approximate surface area is 138 Å². The number of pyridine rings is 1. The minimum Gasteiger partial charge on any atom is -0.376 e. The monoisotopic (exact) mass is 326 g/mol. The Balaban J connectivity index is 1.43. The lowest BCUT2D eigenvalue weighted by Crippen LogP contribution is -2.26. The van der Waals surface area contributed by atoms with E-state index >= 15 is 0 Å². The summed E-state index contributed by atoms with van der Waals surface area (Å²) in [5, 5.41) is 6.94. The van der Waals surface area contributed by atoms with Crippen molar-refractivity contribution >= 4 is 11.6 Å². The van der Waals surface area contributed by atoms with E-state index in [-0.39, 0.29) is 12.3 Å². The van der Waals surface area contributed by atoms with E-state index < -0.39 is 0 Å². The van der Waals surface area contributed by atoms with Gasteiger partial charge < -0.3 is 19.0 Å². The van der Waals surface area contributed by atoms with E-state index in [1.54, 1.807) is 6.20 Å². The van der Waals surface area contributed by atoms with Crippen molar-refractivity contribution in [3.8, 4) is 0 Å². The largest absolute Gasteiger partial charge is 0.376 e. The molecule has 0 saturated carbocycles. The third-order valence-electron chi connectivity index (χ3n) is 4.27. The molecular weight excluding hydrogens is 308 g/mol. The Bertz CT molecular complexity index is 897. The van der Waals surface area contributed by atoms with Crippen molar-refractivity contribution < 1.29 is 14.1 Å². The number of rotatable bonds is 4. The summed E-state index contributed by atoms with van der Waals surface area (Å²) < 4.78 is 12.7. The molecule has 7 heteroatoms. The van der Waals surface area contributed by atoms with Crippen LogP contribution in [0.2, 0.25) is 0 Å². The number of hydrogen-bond acceptors (Lipinski definition) is 5. The van der Waals surface area contributed by atoms with Crippen LogP contribution in [-0.2, 0) is 35.5 Å². The molecule has 0 saturated heterocycles. The van der Waals surface area contributed by atoms with Gasteiger partial charge in [0.05, 0.1) is 31.9 Å². The first-order valence-corrected chi connectivity index (χ1v) is 7.94. The predicted molar refractivity (Wildman–Crippen MR) is 85.3 cm³/mol. The van der Waals surface area contributed by atoms with Crippen LogP contribution in [0.5, 0.6) is 0 Å². The molecule has 3 aromatic rings. The molecule has 0 unspecified atom stereocenters. The summed E-state index contributed by atoms with van der Waals surface area (Å²) in [6.45, 7) is 3.50. The van der Waals surface area contributed by atoms with E-state index in [2.05, 4.69) is 15.5 Å². The average Bonchev–Trinajstić information content (AvgIpc) is 3.18.